The Morgan fingerprint density at radius 3 is 2.92 bits per heavy atom. The first-order valence-corrected chi connectivity index (χ1v) is 3.59. The van der Waals surface area contributed by atoms with Crippen LogP contribution in [0.2, 0.25) is 0 Å². The molecule has 0 aromatic rings. The fourth-order valence-electron chi connectivity index (χ4n) is 1.20. The maximum atomic E-state index is 11.0. The van der Waals surface area contributed by atoms with Crippen LogP contribution in [0.25, 0.3) is 0 Å². The van der Waals surface area contributed by atoms with Gasteiger partial charge in [-0.25, -0.2) is 0 Å². The standard InChI is InChI=1S/C8H9NO3/c1-2-3-9-5-6(8(11)12)4-7(9)10/h1,6H,3-5H2,(H,11,12). The van der Waals surface area contributed by atoms with E-state index in [9.17, 15) is 9.59 Å². The number of likely N-dealkylation sites (tertiary alicyclic amines) is 1. The Labute approximate surface area is 70.2 Å². The van der Waals surface area contributed by atoms with Gasteiger partial charge in [0.05, 0.1) is 12.5 Å². The van der Waals surface area contributed by atoms with E-state index in [2.05, 4.69) is 5.92 Å². The van der Waals surface area contributed by atoms with Gasteiger partial charge in [-0.1, -0.05) is 5.92 Å². The summed E-state index contributed by atoms with van der Waals surface area (Å²) in [6.45, 7) is 0.459. The molecule has 1 heterocycles. The van der Waals surface area contributed by atoms with Gasteiger partial charge in [0.1, 0.15) is 0 Å². The molecule has 4 heteroatoms. The summed E-state index contributed by atoms with van der Waals surface area (Å²) in [6.07, 6.45) is 5.08. The van der Waals surface area contributed by atoms with Crippen LogP contribution in [0.15, 0.2) is 0 Å². The van der Waals surface area contributed by atoms with Crippen LogP contribution in [0.5, 0.6) is 0 Å². The summed E-state index contributed by atoms with van der Waals surface area (Å²) in [5.41, 5.74) is 0. The quantitative estimate of drug-likeness (QED) is 0.567. The molecule has 0 aromatic carbocycles. The first-order chi connectivity index (χ1) is 5.65. The molecule has 4 nitrogen and oxygen atoms in total. The van der Waals surface area contributed by atoms with Crippen molar-refractivity contribution in [1.29, 1.82) is 0 Å². The molecule has 1 N–H and O–H groups in total. The zero-order valence-electron chi connectivity index (χ0n) is 6.49. The number of carboxylic acids is 1. The Kier molecular flexibility index (Phi) is 2.34. The highest BCUT2D eigenvalue weighted by Crippen LogP contribution is 2.16. The molecule has 1 aliphatic rings. The van der Waals surface area contributed by atoms with Crippen molar-refractivity contribution in [3.8, 4) is 12.3 Å². The summed E-state index contributed by atoms with van der Waals surface area (Å²) in [5, 5.41) is 8.59. The third-order valence-electron chi connectivity index (χ3n) is 1.85. The molecule has 1 unspecified atom stereocenters. The fraction of sp³-hybridized carbons (Fsp3) is 0.500. The van der Waals surface area contributed by atoms with E-state index in [1.807, 2.05) is 0 Å². The molecule has 1 rings (SSSR count). The number of carbonyl (C=O) groups is 2. The normalized spacial score (nSPS) is 22.4. The van der Waals surface area contributed by atoms with E-state index in [0.717, 1.165) is 0 Å². The van der Waals surface area contributed by atoms with E-state index in [1.54, 1.807) is 0 Å². The Balaban J connectivity index is 2.57. The minimum Gasteiger partial charge on any atom is -0.481 e. The van der Waals surface area contributed by atoms with Crippen LogP contribution in [-0.4, -0.2) is 35.0 Å². The summed E-state index contributed by atoms with van der Waals surface area (Å²) >= 11 is 0. The van der Waals surface area contributed by atoms with E-state index in [4.69, 9.17) is 11.5 Å². The first-order valence-electron chi connectivity index (χ1n) is 3.59. The lowest BCUT2D eigenvalue weighted by atomic mass is 10.1. The van der Waals surface area contributed by atoms with E-state index < -0.39 is 11.9 Å². The van der Waals surface area contributed by atoms with Gasteiger partial charge >= 0.3 is 5.97 Å². The largest absolute Gasteiger partial charge is 0.481 e. The predicted molar refractivity (Wildman–Crippen MR) is 41.2 cm³/mol. The van der Waals surface area contributed by atoms with Crippen molar-refractivity contribution in [2.45, 2.75) is 6.42 Å². The molecule has 0 radical (unpaired) electrons. The Bertz CT molecular complexity index is 254. The second kappa shape index (κ2) is 3.26. The molecule has 0 aliphatic carbocycles. The fourth-order valence-corrected chi connectivity index (χ4v) is 1.20. The zero-order valence-corrected chi connectivity index (χ0v) is 6.49. The highest BCUT2D eigenvalue weighted by molar-refractivity contribution is 5.86. The van der Waals surface area contributed by atoms with Crippen molar-refractivity contribution >= 4 is 11.9 Å². The number of terminal acetylenes is 1. The first kappa shape index (κ1) is 8.60. The lowest BCUT2D eigenvalue weighted by Gasteiger charge is -2.10. The maximum absolute atomic E-state index is 11.0. The van der Waals surface area contributed by atoms with Crippen LogP contribution in [-0.2, 0) is 9.59 Å². The Hall–Kier alpha value is -1.50. The van der Waals surface area contributed by atoms with E-state index >= 15 is 0 Å². The van der Waals surface area contributed by atoms with Crippen LogP contribution in [0.3, 0.4) is 0 Å². The van der Waals surface area contributed by atoms with Crippen molar-refractivity contribution < 1.29 is 14.7 Å². The van der Waals surface area contributed by atoms with Gasteiger partial charge in [-0.15, -0.1) is 6.42 Å². The highest BCUT2D eigenvalue weighted by atomic mass is 16.4. The van der Waals surface area contributed by atoms with E-state index in [1.165, 1.54) is 4.90 Å². The SMILES string of the molecule is C#CCN1CC(C(=O)O)CC1=O. The molecule has 0 aromatic heterocycles. The zero-order chi connectivity index (χ0) is 9.14. The summed E-state index contributed by atoms with van der Waals surface area (Å²) in [7, 11) is 0. The number of hydrogen-bond acceptors (Lipinski definition) is 2. The number of aliphatic carboxylic acids is 1. The number of nitrogens with zero attached hydrogens (tertiary/aromatic N) is 1. The van der Waals surface area contributed by atoms with Crippen molar-refractivity contribution in [3.63, 3.8) is 0 Å². The predicted octanol–water partition coefficient (Wildman–Crippen LogP) is -0.447. The van der Waals surface area contributed by atoms with Crippen molar-refractivity contribution in [2.75, 3.05) is 13.1 Å². The van der Waals surface area contributed by atoms with Gasteiger partial charge in [0.25, 0.3) is 0 Å². The lowest BCUT2D eigenvalue weighted by Crippen LogP contribution is -2.26. The monoisotopic (exact) mass is 167 g/mol. The van der Waals surface area contributed by atoms with Crippen LogP contribution in [0, 0.1) is 18.3 Å². The molecule has 1 atom stereocenters. The maximum Gasteiger partial charge on any atom is 0.308 e. The average Bonchev–Trinajstić information content (AvgIpc) is 2.34. The van der Waals surface area contributed by atoms with E-state index in [0.29, 0.717) is 0 Å². The summed E-state index contributed by atoms with van der Waals surface area (Å²) in [4.78, 5) is 22.9. The number of rotatable bonds is 2. The topological polar surface area (TPSA) is 57.6 Å². The second-order valence-corrected chi connectivity index (χ2v) is 2.72. The molecule has 0 bridgehead atoms. The molecule has 1 amide bonds. The lowest BCUT2D eigenvalue weighted by molar-refractivity contribution is -0.141. The van der Waals surface area contributed by atoms with Gasteiger partial charge in [0, 0.05) is 13.0 Å². The molecule has 64 valence electrons. The third-order valence-corrected chi connectivity index (χ3v) is 1.85. The molecular formula is C8H9NO3. The van der Waals surface area contributed by atoms with Gasteiger partial charge in [-0.05, 0) is 0 Å². The highest BCUT2D eigenvalue weighted by Gasteiger charge is 2.33. The number of amides is 1. The van der Waals surface area contributed by atoms with Crippen LogP contribution < -0.4 is 0 Å². The van der Waals surface area contributed by atoms with E-state index in [-0.39, 0.29) is 25.4 Å². The van der Waals surface area contributed by atoms with Gasteiger partial charge in [-0.2, -0.15) is 0 Å². The van der Waals surface area contributed by atoms with Crippen molar-refractivity contribution in [2.24, 2.45) is 5.92 Å². The number of carbonyl (C=O) groups excluding carboxylic acids is 1. The van der Waals surface area contributed by atoms with Crippen LogP contribution >= 0.6 is 0 Å². The second-order valence-electron chi connectivity index (χ2n) is 2.72. The van der Waals surface area contributed by atoms with Gasteiger partial charge in [0.15, 0.2) is 0 Å². The Morgan fingerprint density at radius 1 is 1.83 bits per heavy atom. The van der Waals surface area contributed by atoms with Gasteiger partial charge in [0.2, 0.25) is 5.91 Å². The van der Waals surface area contributed by atoms with Crippen molar-refractivity contribution in [3.05, 3.63) is 0 Å². The molecule has 1 fully saturated rings. The summed E-state index contributed by atoms with van der Waals surface area (Å²) < 4.78 is 0. The minimum absolute atomic E-state index is 0.0804. The third kappa shape index (κ3) is 1.56. The molecule has 0 saturated carbocycles. The molecule has 12 heavy (non-hydrogen) atoms. The molecular weight excluding hydrogens is 158 g/mol. The Morgan fingerprint density at radius 2 is 2.50 bits per heavy atom. The number of hydrogen-bond donors (Lipinski definition) is 1. The average molecular weight is 167 g/mol. The minimum atomic E-state index is -0.928. The van der Waals surface area contributed by atoms with Gasteiger partial charge in [-0.3, -0.25) is 9.59 Å². The van der Waals surface area contributed by atoms with Gasteiger partial charge < -0.3 is 10.0 Å². The molecule has 1 aliphatic heterocycles. The molecule has 0 spiro atoms. The number of carboxylic acid groups (broad SMARTS) is 1. The molecule has 1 saturated heterocycles. The van der Waals surface area contributed by atoms with Crippen LogP contribution in [0.4, 0.5) is 0 Å². The van der Waals surface area contributed by atoms with Crippen molar-refractivity contribution in [1.82, 2.24) is 4.90 Å². The van der Waals surface area contributed by atoms with Crippen LogP contribution in [0.1, 0.15) is 6.42 Å². The smallest absolute Gasteiger partial charge is 0.308 e. The summed E-state index contributed by atoms with van der Waals surface area (Å²) in [5.74, 6) is 0.640. The summed E-state index contributed by atoms with van der Waals surface area (Å²) in [6, 6.07) is 0.